The number of carbonyl (C=O) groups excluding carboxylic acids is 1. The maximum Gasteiger partial charge on any atom is 0.251 e. The number of ether oxygens (including phenoxy) is 1. The van der Waals surface area contributed by atoms with Crippen molar-refractivity contribution in [3.63, 3.8) is 0 Å². The molecule has 1 aromatic heterocycles. The van der Waals surface area contributed by atoms with Crippen molar-refractivity contribution in [1.29, 1.82) is 0 Å². The third kappa shape index (κ3) is 5.09. The quantitative estimate of drug-likeness (QED) is 0.452. The van der Waals surface area contributed by atoms with Crippen molar-refractivity contribution in [1.82, 2.24) is 5.32 Å². The lowest BCUT2D eigenvalue weighted by Crippen LogP contribution is -2.22. The summed E-state index contributed by atoms with van der Waals surface area (Å²) in [5, 5.41) is 4.35. The van der Waals surface area contributed by atoms with Gasteiger partial charge in [0, 0.05) is 21.0 Å². The van der Waals surface area contributed by atoms with E-state index in [0.717, 1.165) is 21.2 Å². The maximum atomic E-state index is 12.5. The summed E-state index contributed by atoms with van der Waals surface area (Å²) in [4.78, 5) is 17.5. The van der Waals surface area contributed by atoms with Gasteiger partial charge in [0.1, 0.15) is 5.75 Å². The van der Waals surface area contributed by atoms with Gasteiger partial charge in [-0.1, -0.05) is 23.8 Å². The number of rotatable bonds is 7. The second-order valence-corrected chi connectivity index (χ2v) is 7.46. The standard InChI is InChI=1S/C22H19ClN2O2S/c1-3-4-15-13-16(5-11-20(15)24-2)22(26)25-14-19-10-12-21(28-19)27-18-8-6-17(23)7-9-18/h3-13H,2,14H2,1H3,(H,25,26)/b4-3-. The first-order valence-electron chi connectivity index (χ1n) is 8.63. The van der Waals surface area contributed by atoms with Gasteiger partial charge < -0.3 is 10.1 Å². The first-order valence-corrected chi connectivity index (χ1v) is 9.82. The summed E-state index contributed by atoms with van der Waals surface area (Å²) in [7, 11) is 0. The highest BCUT2D eigenvalue weighted by molar-refractivity contribution is 7.13. The average Bonchev–Trinajstić information content (AvgIpc) is 3.15. The zero-order valence-electron chi connectivity index (χ0n) is 15.3. The molecule has 2 aromatic carbocycles. The second kappa shape index (κ2) is 9.35. The fraction of sp³-hybridized carbons (Fsp3) is 0.0909. The predicted octanol–water partition coefficient (Wildman–Crippen LogP) is 6.49. The van der Waals surface area contributed by atoms with E-state index in [4.69, 9.17) is 16.3 Å². The van der Waals surface area contributed by atoms with Gasteiger partial charge in [-0.2, -0.15) is 0 Å². The van der Waals surface area contributed by atoms with Crippen molar-refractivity contribution < 1.29 is 9.53 Å². The lowest BCUT2D eigenvalue weighted by Gasteiger charge is -2.07. The summed E-state index contributed by atoms with van der Waals surface area (Å²) in [6, 6.07) is 16.4. The summed E-state index contributed by atoms with van der Waals surface area (Å²) in [5.41, 5.74) is 2.19. The van der Waals surface area contributed by atoms with Crippen LogP contribution in [0.2, 0.25) is 5.02 Å². The Morgan fingerprint density at radius 2 is 2.00 bits per heavy atom. The molecule has 0 fully saturated rings. The molecule has 28 heavy (non-hydrogen) atoms. The molecule has 0 saturated carbocycles. The summed E-state index contributed by atoms with van der Waals surface area (Å²) < 4.78 is 5.80. The van der Waals surface area contributed by atoms with Gasteiger partial charge >= 0.3 is 0 Å². The highest BCUT2D eigenvalue weighted by Gasteiger charge is 2.09. The molecule has 1 heterocycles. The summed E-state index contributed by atoms with van der Waals surface area (Å²) >= 11 is 7.36. The fourth-order valence-electron chi connectivity index (χ4n) is 2.55. The van der Waals surface area contributed by atoms with Gasteiger partial charge in [0.05, 0.1) is 12.2 Å². The fourth-order valence-corrected chi connectivity index (χ4v) is 3.49. The van der Waals surface area contributed by atoms with Crippen LogP contribution in [0.5, 0.6) is 10.8 Å². The molecule has 0 aliphatic rings. The topological polar surface area (TPSA) is 50.7 Å². The number of aliphatic imine (C=N–C) groups is 1. The van der Waals surface area contributed by atoms with Crippen LogP contribution < -0.4 is 10.1 Å². The van der Waals surface area contributed by atoms with Crippen molar-refractivity contribution in [3.05, 3.63) is 81.7 Å². The number of halogens is 1. The zero-order chi connectivity index (χ0) is 19.9. The van der Waals surface area contributed by atoms with Crippen molar-refractivity contribution in [3.8, 4) is 10.8 Å². The van der Waals surface area contributed by atoms with Crippen LogP contribution in [0.1, 0.15) is 27.7 Å². The van der Waals surface area contributed by atoms with Crippen LogP contribution in [0.4, 0.5) is 5.69 Å². The molecule has 1 N–H and O–H groups in total. The Bertz CT molecular complexity index is 1010. The van der Waals surface area contributed by atoms with E-state index in [1.54, 1.807) is 24.3 Å². The molecule has 0 unspecified atom stereocenters. The second-order valence-electron chi connectivity index (χ2n) is 5.89. The number of nitrogens with zero attached hydrogens (tertiary/aromatic N) is 1. The number of hydrogen-bond donors (Lipinski definition) is 1. The molecule has 6 heteroatoms. The lowest BCUT2D eigenvalue weighted by molar-refractivity contribution is 0.0951. The van der Waals surface area contributed by atoms with Crippen molar-refractivity contribution in [2.75, 3.05) is 0 Å². The molecule has 0 radical (unpaired) electrons. The monoisotopic (exact) mass is 410 g/mol. The van der Waals surface area contributed by atoms with Gasteiger partial charge in [-0.05, 0) is 68.2 Å². The van der Waals surface area contributed by atoms with Crippen molar-refractivity contribution in [2.45, 2.75) is 13.5 Å². The third-order valence-electron chi connectivity index (χ3n) is 3.90. The van der Waals surface area contributed by atoms with Gasteiger partial charge in [0.25, 0.3) is 5.91 Å². The summed E-state index contributed by atoms with van der Waals surface area (Å²) in [6.45, 7) is 5.90. The summed E-state index contributed by atoms with van der Waals surface area (Å²) in [5.74, 6) is 0.573. The van der Waals surface area contributed by atoms with Crippen LogP contribution in [0.15, 0.2) is 65.7 Å². The van der Waals surface area contributed by atoms with E-state index in [0.29, 0.717) is 22.9 Å². The van der Waals surface area contributed by atoms with E-state index in [1.165, 1.54) is 11.3 Å². The van der Waals surface area contributed by atoms with E-state index in [-0.39, 0.29) is 5.91 Å². The van der Waals surface area contributed by atoms with Gasteiger partial charge in [0.2, 0.25) is 0 Å². The molecule has 0 atom stereocenters. The predicted molar refractivity (Wildman–Crippen MR) is 117 cm³/mol. The number of benzene rings is 2. The number of thiophene rings is 1. The number of allylic oxidation sites excluding steroid dienone is 1. The number of carbonyl (C=O) groups is 1. The van der Waals surface area contributed by atoms with Crippen LogP contribution in [0.25, 0.3) is 6.08 Å². The number of hydrogen-bond acceptors (Lipinski definition) is 4. The van der Waals surface area contributed by atoms with Crippen molar-refractivity contribution >= 4 is 47.3 Å². The average molecular weight is 411 g/mol. The summed E-state index contributed by atoms with van der Waals surface area (Å²) in [6.07, 6.45) is 3.81. The van der Waals surface area contributed by atoms with Gasteiger partial charge in [-0.25, -0.2) is 0 Å². The maximum absolute atomic E-state index is 12.5. The van der Waals surface area contributed by atoms with E-state index in [9.17, 15) is 4.79 Å². The molecule has 142 valence electrons. The normalized spacial score (nSPS) is 10.8. The molecule has 3 aromatic rings. The highest BCUT2D eigenvalue weighted by atomic mass is 35.5. The van der Waals surface area contributed by atoms with E-state index < -0.39 is 0 Å². The van der Waals surface area contributed by atoms with Gasteiger partial charge in [-0.15, -0.1) is 11.3 Å². The Morgan fingerprint density at radius 1 is 1.21 bits per heavy atom. The minimum Gasteiger partial charge on any atom is -0.447 e. The van der Waals surface area contributed by atoms with Crippen LogP contribution in [0, 0.1) is 0 Å². The van der Waals surface area contributed by atoms with Crippen LogP contribution in [0.3, 0.4) is 0 Å². The molecule has 0 aliphatic carbocycles. The molecule has 4 nitrogen and oxygen atoms in total. The number of amides is 1. The Morgan fingerprint density at radius 3 is 2.71 bits per heavy atom. The first kappa shape index (κ1) is 19.9. The Kier molecular flexibility index (Phi) is 6.63. The van der Waals surface area contributed by atoms with Crippen LogP contribution in [-0.4, -0.2) is 12.6 Å². The Balaban J connectivity index is 1.62. The van der Waals surface area contributed by atoms with Gasteiger partial charge in [-0.3, -0.25) is 9.79 Å². The molecule has 0 saturated heterocycles. The molecular weight excluding hydrogens is 392 g/mol. The smallest absolute Gasteiger partial charge is 0.251 e. The van der Waals surface area contributed by atoms with E-state index in [2.05, 4.69) is 17.0 Å². The SMILES string of the molecule is C=Nc1ccc(C(=O)NCc2ccc(Oc3ccc(Cl)cc3)s2)cc1/C=C\C. The molecular formula is C22H19ClN2O2S. The molecule has 0 spiro atoms. The highest BCUT2D eigenvalue weighted by Crippen LogP contribution is 2.30. The van der Waals surface area contributed by atoms with Gasteiger partial charge in [0.15, 0.2) is 5.06 Å². The minimum atomic E-state index is -0.144. The molecule has 0 bridgehead atoms. The Hall–Kier alpha value is -2.89. The van der Waals surface area contributed by atoms with Crippen LogP contribution in [-0.2, 0) is 6.54 Å². The first-order chi connectivity index (χ1) is 13.6. The van der Waals surface area contributed by atoms with E-state index in [1.807, 2.05) is 49.4 Å². The van der Waals surface area contributed by atoms with Crippen LogP contribution >= 0.6 is 22.9 Å². The molecule has 0 aliphatic heterocycles. The minimum absolute atomic E-state index is 0.144. The Labute approximate surface area is 173 Å². The largest absolute Gasteiger partial charge is 0.447 e. The molecule has 1 amide bonds. The zero-order valence-corrected chi connectivity index (χ0v) is 16.9. The lowest BCUT2D eigenvalue weighted by atomic mass is 10.1. The van der Waals surface area contributed by atoms with Crippen molar-refractivity contribution in [2.24, 2.45) is 4.99 Å². The third-order valence-corrected chi connectivity index (χ3v) is 5.11. The number of nitrogens with one attached hydrogen (secondary N) is 1. The molecule has 3 rings (SSSR count). The van der Waals surface area contributed by atoms with E-state index >= 15 is 0 Å².